The minimum Gasteiger partial charge on any atom is -0.309 e. The van der Waals surface area contributed by atoms with Crippen LogP contribution in [0.2, 0.25) is 5.02 Å². The molecule has 0 amide bonds. The molecule has 2 nitrogen and oxygen atoms in total. The van der Waals surface area contributed by atoms with Crippen molar-refractivity contribution in [2.75, 3.05) is 6.54 Å². The van der Waals surface area contributed by atoms with Crippen molar-refractivity contribution in [2.24, 2.45) is 5.92 Å². The van der Waals surface area contributed by atoms with E-state index in [1.54, 1.807) is 0 Å². The van der Waals surface area contributed by atoms with E-state index in [1.807, 2.05) is 12.3 Å². The Morgan fingerprint density at radius 2 is 2.38 bits per heavy atom. The Labute approximate surface area is 108 Å². The predicted octanol–water partition coefficient (Wildman–Crippen LogP) is 3.26. The largest absolute Gasteiger partial charge is 0.309 e. The van der Waals surface area contributed by atoms with Crippen molar-refractivity contribution < 1.29 is 0 Å². The summed E-state index contributed by atoms with van der Waals surface area (Å²) in [6, 6.07) is 2.51. The minimum absolute atomic E-state index is 0.521. The van der Waals surface area contributed by atoms with Gasteiger partial charge in [0.05, 0.1) is 5.02 Å². The first-order valence-corrected chi connectivity index (χ1v) is 6.67. The van der Waals surface area contributed by atoms with Crippen molar-refractivity contribution in [1.29, 1.82) is 0 Å². The number of aromatic nitrogens is 1. The molecule has 1 aromatic heterocycles. The van der Waals surface area contributed by atoms with Crippen LogP contribution < -0.4 is 5.32 Å². The summed E-state index contributed by atoms with van der Waals surface area (Å²) >= 11 is 9.39. The fourth-order valence-corrected chi connectivity index (χ4v) is 2.87. The quantitative estimate of drug-likeness (QED) is 0.805. The molecule has 2 aliphatic rings. The van der Waals surface area contributed by atoms with Crippen LogP contribution in [0.3, 0.4) is 0 Å². The van der Waals surface area contributed by atoms with Gasteiger partial charge in [0.1, 0.15) is 4.60 Å². The second-order valence-electron chi connectivity index (χ2n) is 4.38. The standard InChI is InChI=1S/C12H12BrClN2/c13-12-10(14)4-8(6-16-12)9-3-1-2-7-5-15-11(7)9/h3-4,6-7,11,15H,1-2,5H2/t7-,11+/m0/s1. The molecule has 1 aliphatic heterocycles. The predicted molar refractivity (Wildman–Crippen MR) is 69.4 cm³/mol. The van der Waals surface area contributed by atoms with Gasteiger partial charge in [-0.15, -0.1) is 0 Å². The normalized spacial score (nSPS) is 28.0. The van der Waals surface area contributed by atoms with Gasteiger partial charge in [-0.3, -0.25) is 0 Å². The van der Waals surface area contributed by atoms with Crippen molar-refractivity contribution >= 4 is 33.1 Å². The van der Waals surface area contributed by atoms with Crippen LogP contribution in [0.1, 0.15) is 18.4 Å². The zero-order valence-corrected chi connectivity index (χ0v) is 11.1. The van der Waals surface area contributed by atoms with Gasteiger partial charge in [0.25, 0.3) is 0 Å². The maximum Gasteiger partial charge on any atom is 0.124 e. The summed E-state index contributed by atoms with van der Waals surface area (Å²) in [6.07, 6.45) is 6.68. The van der Waals surface area contributed by atoms with E-state index in [1.165, 1.54) is 18.4 Å². The molecule has 4 heteroatoms. The first-order chi connectivity index (χ1) is 7.75. The SMILES string of the molecule is Clc1cc(C2=CCC[C@H]3CN[C@@H]23)cnc1Br. The van der Waals surface area contributed by atoms with Crippen LogP contribution in [0.15, 0.2) is 22.9 Å². The molecule has 1 saturated heterocycles. The van der Waals surface area contributed by atoms with Crippen molar-refractivity contribution in [2.45, 2.75) is 18.9 Å². The van der Waals surface area contributed by atoms with Crippen LogP contribution in [0.4, 0.5) is 0 Å². The number of allylic oxidation sites excluding steroid dienone is 1. The molecule has 0 unspecified atom stereocenters. The monoisotopic (exact) mass is 298 g/mol. The summed E-state index contributed by atoms with van der Waals surface area (Å²) in [5.74, 6) is 0.808. The lowest BCUT2D eigenvalue weighted by Gasteiger charge is -2.42. The van der Waals surface area contributed by atoms with Crippen LogP contribution in [0.5, 0.6) is 0 Å². The van der Waals surface area contributed by atoms with Gasteiger partial charge in [-0.1, -0.05) is 17.7 Å². The lowest BCUT2D eigenvalue weighted by molar-refractivity contribution is 0.262. The van der Waals surface area contributed by atoms with Crippen LogP contribution in [-0.2, 0) is 0 Å². The third-order valence-corrected chi connectivity index (χ3v) is 4.59. The number of nitrogens with zero attached hydrogens (tertiary/aromatic N) is 1. The van der Waals surface area contributed by atoms with E-state index in [4.69, 9.17) is 11.6 Å². The molecule has 1 N–H and O–H groups in total. The Hall–Kier alpha value is -0.380. The van der Waals surface area contributed by atoms with Gasteiger partial charge < -0.3 is 5.32 Å². The van der Waals surface area contributed by atoms with Gasteiger partial charge in [0, 0.05) is 18.8 Å². The Morgan fingerprint density at radius 1 is 1.50 bits per heavy atom. The molecule has 0 spiro atoms. The Bertz CT molecular complexity index is 458. The highest BCUT2D eigenvalue weighted by Crippen LogP contribution is 2.36. The van der Waals surface area contributed by atoms with E-state index in [-0.39, 0.29) is 0 Å². The van der Waals surface area contributed by atoms with Crippen molar-refractivity contribution in [3.8, 4) is 0 Å². The molecule has 0 radical (unpaired) electrons. The summed E-state index contributed by atoms with van der Waals surface area (Å²) in [4.78, 5) is 4.25. The Kier molecular flexibility index (Phi) is 2.78. The van der Waals surface area contributed by atoms with Gasteiger partial charge in [-0.25, -0.2) is 4.98 Å². The van der Waals surface area contributed by atoms with E-state index in [9.17, 15) is 0 Å². The van der Waals surface area contributed by atoms with Crippen molar-refractivity contribution in [3.63, 3.8) is 0 Å². The van der Waals surface area contributed by atoms with E-state index in [2.05, 4.69) is 32.3 Å². The molecule has 1 fully saturated rings. The number of hydrogen-bond acceptors (Lipinski definition) is 2. The van der Waals surface area contributed by atoms with Gasteiger partial charge in [0.2, 0.25) is 0 Å². The molecular formula is C12H12BrClN2. The van der Waals surface area contributed by atoms with Gasteiger partial charge in [0.15, 0.2) is 0 Å². The van der Waals surface area contributed by atoms with E-state index >= 15 is 0 Å². The van der Waals surface area contributed by atoms with Crippen molar-refractivity contribution in [1.82, 2.24) is 10.3 Å². The third kappa shape index (κ3) is 1.71. The lowest BCUT2D eigenvalue weighted by Crippen LogP contribution is -2.54. The van der Waals surface area contributed by atoms with Crippen molar-refractivity contribution in [3.05, 3.63) is 33.5 Å². The molecule has 84 valence electrons. The zero-order chi connectivity index (χ0) is 11.1. The van der Waals surface area contributed by atoms with E-state index in [0.29, 0.717) is 15.7 Å². The second-order valence-corrected chi connectivity index (χ2v) is 5.54. The van der Waals surface area contributed by atoms with Crippen LogP contribution in [0.25, 0.3) is 5.57 Å². The summed E-state index contributed by atoms with van der Waals surface area (Å²) < 4.78 is 0.715. The topological polar surface area (TPSA) is 24.9 Å². The number of halogens is 2. The average Bonchev–Trinajstić information content (AvgIpc) is 2.24. The van der Waals surface area contributed by atoms with Crippen LogP contribution in [0, 0.1) is 5.92 Å². The molecule has 16 heavy (non-hydrogen) atoms. The van der Waals surface area contributed by atoms with Gasteiger partial charge >= 0.3 is 0 Å². The number of hydrogen-bond donors (Lipinski definition) is 1. The number of pyridine rings is 1. The first kappa shape index (κ1) is 10.8. The molecule has 0 saturated carbocycles. The van der Waals surface area contributed by atoms with Crippen LogP contribution >= 0.6 is 27.5 Å². The molecule has 0 aromatic carbocycles. The Balaban J connectivity index is 1.96. The van der Waals surface area contributed by atoms with E-state index in [0.717, 1.165) is 18.0 Å². The highest BCUT2D eigenvalue weighted by atomic mass is 79.9. The maximum absolute atomic E-state index is 6.08. The maximum atomic E-state index is 6.08. The van der Waals surface area contributed by atoms with Gasteiger partial charge in [-0.05, 0) is 51.9 Å². The first-order valence-electron chi connectivity index (χ1n) is 5.50. The summed E-state index contributed by atoms with van der Waals surface area (Å²) in [5, 5.41) is 4.16. The zero-order valence-electron chi connectivity index (χ0n) is 8.71. The smallest absolute Gasteiger partial charge is 0.124 e. The van der Waals surface area contributed by atoms with E-state index < -0.39 is 0 Å². The lowest BCUT2D eigenvalue weighted by atomic mass is 9.76. The van der Waals surface area contributed by atoms with Crippen LogP contribution in [-0.4, -0.2) is 17.6 Å². The Morgan fingerprint density at radius 3 is 3.06 bits per heavy atom. The highest BCUT2D eigenvalue weighted by molar-refractivity contribution is 9.10. The van der Waals surface area contributed by atoms with Gasteiger partial charge in [-0.2, -0.15) is 0 Å². The molecular weight excluding hydrogens is 288 g/mol. The second kappa shape index (κ2) is 4.13. The minimum atomic E-state index is 0.521. The number of nitrogens with one attached hydrogen (secondary N) is 1. The average molecular weight is 300 g/mol. The molecule has 2 heterocycles. The molecule has 2 atom stereocenters. The highest BCUT2D eigenvalue weighted by Gasteiger charge is 2.35. The molecule has 3 rings (SSSR count). The molecule has 0 bridgehead atoms. The number of rotatable bonds is 1. The summed E-state index contributed by atoms with van der Waals surface area (Å²) in [6.45, 7) is 1.15. The summed E-state index contributed by atoms with van der Waals surface area (Å²) in [5.41, 5.74) is 2.51. The molecule has 1 aliphatic carbocycles. The number of fused-ring (bicyclic) bond motifs is 1. The fourth-order valence-electron chi connectivity index (χ4n) is 2.49. The molecule has 1 aromatic rings. The fraction of sp³-hybridized carbons (Fsp3) is 0.417. The summed E-state index contributed by atoms with van der Waals surface area (Å²) in [7, 11) is 0. The third-order valence-electron chi connectivity index (χ3n) is 3.44.